The number of carbonyl (C=O) groups excluding carboxylic acids is 1. The average molecular weight is 352 g/mol. The van der Waals surface area contributed by atoms with E-state index in [1.165, 1.54) is 18.3 Å². The van der Waals surface area contributed by atoms with Gasteiger partial charge in [0.2, 0.25) is 0 Å². The number of hydrogen-bond donors (Lipinski definition) is 2. The highest BCUT2D eigenvalue weighted by molar-refractivity contribution is 5.94. The smallest absolute Gasteiger partial charge is 0.354 e. The van der Waals surface area contributed by atoms with Crippen LogP contribution in [0.5, 0.6) is 0 Å². The molecule has 3 aromatic rings. The Morgan fingerprint density at radius 3 is 2.62 bits per heavy atom. The lowest BCUT2D eigenvalue weighted by molar-refractivity contribution is 0.0689. The highest BCUT2D eigenvalue weighted by Crippen LogP contribution is 2.21. The van der Waals surface area contributed by atoms with Crippen LogP contribution in [0, 0.1) is 0 Å². The summed E-state index contributed by atoms with van der Waals surface area (Å²) >= 11 is 0. The monoisotopic (exact) mass is 352 g/mol. The van der Waals surface area contributed by atoms with Crippen molar-refractivity contribution in [3.63, 3.8) is 0 Å². The third-order valence-corrected chi connectivity index (χ3v) is 4.06. The summed E-state index contributed by atoms with van der Waals surface area (Å²) < 4.78 is 2.17. The Morgan fingerprint density at radius 1 is 1.19 bits per heavy atom. The zero-order chi connectivity index (χ0) is 18.7. The lowest BCUT2D eigenvalue weighted by atomic mass is 10.2. The maximum absolute atomic E-state index is 12.2. The Morgan fingerprint density at radius 2 is 1.96 bits per heavy atom. The van der Waals surface area contributed by atoms with E-state index in [0.29, 0.717) is 18.5 Å². The van der Waals surface area contributed by atoms with E-state index < -0.39 is 5.97 Å². The van der Waals surface area contributed by atoms with Crippen molar-refractivity contribution in [3.8, 4) is 0 Å². The molecule has 0 spiro atoms. The fourth-order valence-electron chi connectivity index (χ4n) is 2.89. The maximum atomic E-state index is 12.2. The summed E-state index contributed by atoms with van der Waals surface area (Å²) in [6.45, 7) is 4.63. The van der Waals surface area contributed by atoms with Gasteiger partial charge < -0.3 is 15.0 Å². The van der Waals surface area contributed by atoms with Crippen molar-refractivity contribution in [2.45, 2.75) is 26.3 Å². The van der Waals surface area contributed by atoms with Crippen molar-refractivity contribution in [3.05, 3.63) is 59.7 Å². The molecule has 2 aromatic heterocycles. The second kappa shape index (κ2) is 7.35. The number of nitrogens with zero attached hydrogens (tertiary/aromatic N) is 3. The van der Waals surface area contributed by atoms with Gasteiger partial charge >= 0.3 is 5.97 Å². The van der Waals surface area contributed by atoms with E-state index in [4.69, 9.17) is 5.11 Å². The largest absolute Gasteiger partial charge is 0.477 e. The van der Waals surface area contributed by atoms with Crippen molar-refractivity contribution >= 4 is 22.9 Å². The number of pyridine rings is 1. The molecule has 3 rings (SSSR count). The van der Waals surface area contributed by atoms with Gasteiger partial charge in [-0.15, -0.1) is 0 Å². The third-order valence-electron chi connectivity index (χ3n) is 4.06. The molecule has 0 bridgehead atoms. The molecule has 0 aliphatic rings. The van der Waals surface area contributed by atoms with Crippen molar-refractivity contribution in [1.82, 2.24) is 19.9 Å². The number of fused-ring (bicyclic) bond motifs is 1. The van der Waals surface area contributed by atoms with Gasteiger partial charge in [0.15, 0.2) is 0 Å². The van der Waals surface area contributed by atoms with Crippen molar-refractivity contribution in [1.29, 1.82) is 0 Å². The molecule has 7 nitrogen and oxygen atoms in total. The Bertz CT molecular complexity index is 945. The Labute approximate surface area is 150 Å². The SMILES string of the molecule is CC(C)n1c(CCNC(=O)c2ccc(C(=O)O)nc2)nc2ccccc21. The molecule has 0 saturated heterocycles. The molecule has 134 valence electrons. The highest BCUT2D eigenvalue weighted by atomic mass is 16.4. The van der Waals surface area contributed by atoms with Gasteiger partial charge in [-0.3, -0.25) is 4.79 Å². The molecule has 0 atom stereocenters. The molecular formula is C19H20N4O3. The van der Waals surface area contributed by atoms with Gasteiger partial charge in [0.1, 0.15) is 11.5 Å². The summed E-state index contributed by atoms with van der Waals surface area (Å²) in [7, 11) is 0. The molecule has 0 aliphatic carbocycles. The van der Waals surface area contributed by atoms with Crippen LogP contribution in [-0.2, 0) is 6.42 Å². The summed E-state index contributed by atoms with van der Waals surface area (Å²) in [5, 5.41) is 11.7. The average Bonchev–Trinajstić information content (AvgIpc) is 3.00. The van der Waals surface area contributed by atoms with Crippen LogP contribution in [0.25, 0.3) is 11.0 Å². The molecule has 0 fully saturated rings. The summed E-state index contributed by atoms with van der Waals surface area (Å²) in [6, 6.07) is 11.0. The first-order valence-corrected chi connectivity index (χ1v) is 8.40. The fourth-order valence-corrected chi connectivity index (χ4v) is 2.89. The van der Waals surface area contributed by atoms with Crippen molar-refractivity contribution in [2.75, 3.05) is 6.54 Å². The van der Waals surface area contributed by atoms with Crippen LogP contribution in [0.2, 0.25) is 0 Å². The van der Waals surface area contributed by atoms with E-state index in [1.807, 2.05) is 24.3 Å². The van der Waals surface area contributed by atoms with Gasteiger partial charge in [0.25, 0.3) is 5.91 Å². The second-order valence-electron chi connectivity index (χ2n) is 6.22. The Hall–Kier alpha value is -3.22. The van der Waals surface area contributed by atoms with Crippen LogP contribution in [0.4, 0.5) is 0 Å². The number of benzene rings is 1. The van der Waals surface area contributed by atoms with Crippen LogP contribution in [0.1, 0.15) is 46.6 Å². The number of aromatic carboxylic acids is 1. The molecule has 2 heterocycles. The molecule has 26 heavy (non-hydrogen) atoms. The number of amides is 1. The molecule has 1 amide bonds. The molecule has 0 saturated carbocycles. The molecule has 0 unspecified atom stereocenters. The first kappa shape index (κ1) is 17.6. The van der Waals surface area contributed by atoms with E-state index in [2.05, 4.69) is 33.7 Å². The lowest BCUT2D eigenvalue weighted by Crippen LogP contribution is -2.27. The normalized spacial score (nSPS) is 11.0. The number of rotatable bonds is 6. The van der Waals surface area contributed by atoms with Gasteiger partial charge in [0, 0.05) is 25.2 Å². The number of carbonyl (C=O) groups is 2. The summed E-state index contributed by atoms with van der Waals surface area (Å²) in [5.41, 5.74) is 2.26. The van der Waals surface area contributed by atoms with Crippen LogP contribution in [0.3, 0.4) is 0 Å². The van der Waals surface area contributed by atoms with E-state index >= 15 is 0 Å². The van der Waals surface area contributed by atoms with Gasteiger partial charge in [-0.25, -0.2) is 14.8 Å². The zero-order valence-electron chi connectivity index (χ0n) is 14.6. The molecule has 0 aliphatic heterocycles. The van der Waals surface area contributed by atoms with Gasteiger partial charge in [0.05, 0.1) is 16.6 Å². The van der Waals surface area contributed by atoms with Crippen LogP contribution < -0.4 is 5.32 Å². The minimum atomic E-state index is -1.12. The van der Waals surface area contributed by atoms with Crippen molar-refractivity contribution in [2.24, 2.45) is 0 Å². The number of carboxylic acids is 1. The third kappa shape index (κ3) is 3.56. The first-order chi connectivity index (χ1) is 12.5. The van der Waals surface area contributed by atoms with Crippen LogP contribution >= 0.6 is 0 Å². The van der Waals surface area contributed by atoms with Gasteiger partial charge in [-0.05, 0) is 38.1 Å². The number of aromatic nitrogens is 3. The number of carboxylic acid groups (broad SMARTS) is 1. The molecule has 0 radical (unpaired) electrons. The predicted molar refractivity (Wildman–Crippen MR) is 97.4 cm³/mol. The molecule has 7 heteroatoms. The molecule has 2 N–H and O–H groups in total. The quantitative estimate of drug-likeness (QED) is 0.711. The van der Waals surface area contributed by atoms with Gasteiger partial charge in [-0.2, -0.15) is 0 Å². The Balaban J connectivity index is 1.68. The zero-order valence-corrected chi connectivity index (χ0v) is 14.6. The van der Waals surface area contributed by atoms with Crippen molar-refractivity contribution < 1.29 is 14.7 Å². The van der Waals surface area contributed by atoms with Crippen LogP contribution in [0.15, 0.2) is 42.6 Å². The van der Waals surface area contributed by atoms with E-state index in [-0.39, 0.29) is 17.6 Å². The molecular weight excluding hydrogens is 332 g/mol. The van der Waals surface area contributed by atoms with Gasteiger partial charge in [-0.1, -0.05) is 12.1 Å². The first-order valence-electron chi connectivity index (χ1n) is 8.40. The predicted octanol–water partition coefficient (Wildman–Crippen LogP) is 2.68. The minimum absolute atomic E-state index is 0.0906. The molecule has 1 aromatic carbocycles. The topological polar surface area (TPSA) is 97.1 Å². The number of para-hydroxylation sites is 2. The van der Waals surface area contributed by atoms with E-state index in [1.54, 1.807) is 0 Å². The minimum Gasteiger partial charge on any atom is -0.477 e. The lowest BCUT2D eigenvalue weighted by Gasteiger charge is -2.13. The van der Waals surface area contributed by atoms with E-state index in [9.17, 15) is 9.59 Å². The highest BCUT2D eigenvalue weighted by Gasteiger charge is 2.14. The fraction of sp³-hybridized carbons (Fsp3) is 0.263. The Kier molecular flexibility index (Phi) is 4.97. The number of hydrogen-bond acceptors (Lipinski definition) is 4. The summed E-state index contributed by atoms with van der Waals surface area (Å²) in [4.78, 5) is 31.4. The number of imidazole rings is 1. The summed E-state index contributed by atoms with van der Waals surface area (Å²) in [5.74, 6) is -0.493. The summed E-state index contributed by atoms with van der Waals surface area (Å²) in [6.07, 6.45) is 1.86. The van der Waals surface area contributed by atoms with Crippen LogP contribution in [-0.4, -0.2) is 38.1 Å². The second-order valence-corrected chi connectivity index (χ2v) is 6.22. The number of nitrogens with one attached hydrogen (secondary N) is 1. The maximum Gasteiger partial charge on any atom is 0.354 e. The standard InChI is InChI=1S/C19H20N4O3/c1-12(2)23-16-6-4-3-5-14(16)22-17(23)9-10-20-18(24)13-7-8-15(19(25)26)21-11-13/h3-8,11-12H,9-10H2,1-2H3,(H,20,24)(H,25,26). The van der Waals surface area contributed by atoms with E-state index in [0.717, 1.165) is 16.9 Å².